The summed E-state index contributed by atoms with van der Waals surface area (Å²) in [5, 5.41) is 0. The van der Waals surface area contributed by atoms with Gasteiger partial charge in [0.25, 0.3) is 0 Å². The molecule has 0 fully saturated rings. The van der Waals surface area contributed by atoms with Crippen LogP contribution in [-0.2, 0) is 30.2 Å². The Morgan fingerprint density at radius 2 is 1.20 bits per heavy atom. The van der Waals surface area contributed by atoms with Gasteiger partial charge < -0.3 is 0 Å². The van der Waals surface area contributed by atoms with Crippen molar-refractivity contribution in [2.75, 3.05) is 0 Å². The van der Waals surface area contributed by atoms with Crippen LogP contribution >= 0.6 is 20.2 Å². The molecule has 0 nitrogen and oxygen atoms in total. The first kappa shape index (κ1) is 15.7. The topological polar surface area (TPSA) is 0 Å². The molecule has 37 valence electrons. The van der Waals surface area contributed by atoms with Crippen molar-refractivity contribution < 1.29 is 30.2 Å². The van der Waals surface area contributed by atoms with E-state index in [0.29, 0.717) is 0 Å². The molecule has 0 spiro atoms. The van der Waals surface area contributed by atoms with E-state index in [1.165, 1.54) is 0 Å². The third-order valence-corrected chi connectivity index (χ3v) is 0. The average molecular weight is 309 g/mol. The Morgan fingerprint density at radius 1 is 1.20 bits per heavy atom. The van der Waals surface area contributed by atoms with Gasteiger partial charge in [0.1, 0.15) is 0 Å². The molecule has 0 saturated heterocycles. The third kappa shape index (κ3) is 21.4. The Kier molecular flexibility index (Phi) is 50.5. The molecule has 0 aromatic carbocycles. The van der Waals surface area contributed by atoms with E-state index in [9.17, 15) is 0 Å². The SMILES string of the molecule is [Cl][Fe][Cl].[Cu].[Sn]. The fraction of sp³-hybridized carbons (Fsp3) is 0. The predicted octanol–water partition coefficient (Wildman–Crippen LogP) is 0.993. The maximum atomic E-state index is 4.76. The van der Waals surface area contributed by atoms with Crippen LogP contribution < -0.4 is 0 Å². The summed E-state index contributed by atoms with van der Waals surface area (Å²) >= 11 is 0.194. The van der Waals surface area contributed by atoms with Gasteiger partial charge in [0.15, 0.2) is 0 Å². The molecule has 0 saturated carbocycles. The van der Waals surface area contributed by atoms with Gasteiger partial charge in [0, 0.05) is 41.0 Å². The monoisotopic (exact) mass is 309 g/mol. The minimum atomic E-state index is 0. The second kappa shape index (κ2) is 16.1. The molecule has 5 heavy (non-hydrogen) atoms. The van der Waals surface area contributed by atoms with Gasteiger partial charge in [-0.1, -0.05) is 0 Å². The van der Waals surface area contributed by atoms with Crippen molar-refractivity contribution in [3.05, 3.63) is 0 Å². The normalized spacial score (nSPS) is 4.40. The molecular formula is Cl2CuFeSn. The summed E-state index contributed by atoms with van der Waals surface area (Å²) < 4.78 is 0. The van der Waals surface area contributed by atoms with E-state index in [0.717, 1.165) is 0 Å². The van der Waals surface area contributed by atoms with Gasteiger partial charge in [0.05, 0.1) is 0 Å². The van der Waals surface area contributed by atoms with Gasteiger partial charge >= 0.3 is 33.3 Å². The second-order valence-corrected chi connectivity index (χ2v) is 1.87. The van der Waals surface area contributed by atoms with Crippen molar-refractivity contribution in [1.29, 1.82) is 0 Å². The van der Waals surface area contributed by atoms with Crippen LogP contribution in [0.3, 0.4) is 0 Å². The maximum Gasteiger partial charge on any atom is 0 e. The van der Waals surface area contributed by atoms with Crippen molar-refractivity contribution >= 4 is 44.1 Å². The number of rotatable bonds is 0. The molecule has 0 heterocycles. The van der Waals surface area contributed by atoms with Gasteiger partial charge in [-0.25, -0.2) is 0 Å². The molecule has 0 rings (SSSR count). The fourth-order valence-corrected chi connectivity index (χ4v) is 0. The molecule has 0 aliphatic heterocycles. The van der Waals surface area contributed by atoms with E-state index in [1.807, 2.05) is 0 Å². The van der Waals surface area contributed by atoms with Crippen LogP contribution in [0.15, 0.2) is 0 Å². The Balaban J connectivity index is -0.0000000200. The quantitative estimate of drug-likeness (QED) is 0.586. The van der Waals surface area contributed by atoms with Crippen LogP contribution in [0.2, 0.25) is 0 Å². The minimum Gasteiger partial charge on any atom is 0 e. The Bertz CT molecular complexity index is 9.61. The van der Waals surface area contributed by atoms with Crippen molar-refractivity contribution in [3.63, 3.8) is 0 Å². The minimum absolute atomic E-state index is 0. The first-order valence-electron chi connectivity index (χ1n) is 0.267. The zero-order valence-electron chi connectivity index (χ0n) is 1.91. The van der Waals surface area contributed by atoms with Crippen LogP contribution in [0.25, 0.3) is 0 Å². The molecule has 0 aliphatic carbocycles. The molecule has 0 amide bonds. The van der Waals surface area contributed by atoms with E-state index in [2.05, 4.69) is 0 Å². The summed E-state index contributed by atoms with van der Waals surface area (Å²) in [6.45, 7) is 0. The van der Waals surface area contributed by atoms with E-state index in [-0.39, 0.29) is 54.1 Å². The number of hydrogen-bond acceptors (Lipinski definition) is 0. The predicted molar refractivity (Wildman–Crippen MR) is 17.5 cm³/mol. The third-order valence-electron chi connectivity index (χ3n) is 0. The summed E-state index contributed by atoms with van der Waals surface area (Å²) in [5.74, 6) is 0. The van der Waals surface area contributed by atoms with Crippen molar-refractivity contribution in [1.82, 2.24) is 0 Å². The smallest absolute Gasteiger partial charge is 0 e. The zero-order valence-corrected chi connectivity index (χ0v) is 8.32. The summed E-state index contributed by atoms with van der Waals surface area (Å²) in [7, 11) is 9.53. The Labute approximate surface area is 73.4 Å². The summed E-state index contributed by atoms with van der Waals surface area (Å²) in [6, 6.07) is 0. The average Bonchev–Trinajstić information content (AvgIpc) is 0.918. The summed E-state index contributed by atoms with van der Waals surface area (Å²) in [4.78, 5) is 0. The first-order valence-corrected chi connectivity index (χ1v) is 3.31. The summed E-state index contributed by atoms with van der Waals surface area (Å²) in [5.41, 5.74) is 0. The van der Waals surface area contributed by atoms with Crippen LogP contribution in [0.1, 0.15) is 0 Å². The standard InChI is InChI=1S/2ClH.Cu.Fe.Sn/h2*1H;;;/q;;;+2;/p-2. The van der Waals surface area contributed by atoms with E-state index < -0.39 is 0 Å². The molecule has 0 N–H and O–H groups in total. The second-order valence-electron chi connectivity index (χ2n) is 0.0505. The molecule has 0 bridgehead atoms. The Morgan fingerprint density at radius 3 is 1.20 bits per heavy atom. The molecule has 0 aromatic rings. The van der Waals surface area contributed by atoms with E-state index in [1.54, 1.807) is 0 Å². The van der Waals surface area contributed by atoms with Crippen LogP contribution in [0.5, 0.6) is 0 Å². The van der Waals surface area contributed by atoms with Gasteiger partial charge in [-0.2, -0.15) is 0 Å². The molecular weight excluding hydrogens is 309 g/mol. The molecule has 0 atom stereocenters. The van der Waals surface area contributed by atoms with Crippen LogP contribution in [0, 0.1) is 0 Å². The summed E-state index contributed by atoms with van der Waals surface area (Å²) in [6.07, 6.45) is 0. The van der Waals surface area contributed by atoms with Gasteiger partial charge in [0.2, 0.25) is 0 Å². The van der Waals surface area contributed by atoms with Gasteiger partial charge in [-0.15, -0.1) is 0 Å². The van der Waals surface area contributed by atoms with Crippen molar-refractivity contribution in [2.45, 2.75) is 0 Å². The molecule has 5 heteroatoms. The number of halogens is 2. The van der Waals surface area contributed by atoms with Crippen LogP contribution in [-0.4, -0.2) is 23.9 Å². The molecule has 5 radical (unpaired) electrons. The van der Waals surface area contributed by atoms with Crippen LogP contribution in [0.4, 0.5) is 0 Å². The zero-order chi connectivity index (χ0) is 2.71. The van der Waals surface area contributed by atoms with Crippen molar-refractivity contribution in [2.24, 2.45) is 0 Å². The molecule has 0 aromatic heterocycles. The van der Waals surface area contributed by atoms with Crippen molar-refractivity contribution in [3.8, 4) is 0 Å². The molecule has 0 aliphatic rings. The molecule has 0 unspecified atom stereocenters. The van der Waals surface area contributed by atoms with E-state index >= 15 is 0 Å². The first-order chi connectivity index (χ1) is 1.41. The fourth-order valence-electron chi connectivity index (χ4n) is 0. The Hall–Kier alpha value is 2.42. The number of hydrogen-bond donors (Lipinski definition) is 0. The van der Waals surface area contributed by atoms with Gasteiger partial charge in [-0.3, -0.25) is 0 Å². The van der Waals surface area contributed by atoms with E-state index in [4.69, 9.17) is 20.2 Å². The maximum absolute atomic E-state index is 4.76. The largest absolute Gasteiger partial charge is 0 e. The van der Waals surface area contributed by atoms with Gasteiger partial charge in [-0.05, 0) is 0 Å².